The van der Waals surface area contributed by atoms with Gasteiger partial charge in [0.1, 0.15) is 5.82 Å². The van der Waals surface area contributed by atoms with E-state index in [0.717, 1.165) is 30.6 Å². The van der Waals surface area contributed by atoms with Gasteiger partial charge in [-0.15, -0.1) is 0 Å². The highest BCUT2D eigenvalue weighted by molar-refractivity contribution is 5.80. The summed E-state index contributed by atoms with van der Waals surface area (Å²) in [5.41, 5.74) is 1.73. The number of aliphatic hydroxyl groups excluding tert-OH is 1. The molecular formula is C18H21FN4O. The maximum Gasteiger partial charge on any atom is 0.132 e. The van der Waals surface area contributed by atoms with Crippen LogP contribution in [-0.4, -0.2) is 32.0 Å². The third-order valence-electron chi connectivity index (χ3n) is 4.85. The second-order valence-electron chi connectivity index (χ2n) is 6.62. The number of halogens is 1. The fourth-order valence-corrected chi connectivity index (χ4v) is 3.67. The van der Waals surface area contributed by atoms with Gasteiger partial charge >= 0.3 is 0 Å². The Morgan fingerprint density at radius 1 is 1.33 bits per heavy atom. The Hall–Kier alpha value is -2.18. The number of nitrogens with one attached hydrogen (secondary N) is 2. The SMILES string of the molecule is O[C@@H]1CC(Cn2cccn2)C[C@H]1NCc1cc2c(F)cccc2[nH]1. The smallest absolute Gasteiger partial charge is 0.132 e. The zero-order chi connectivity index (χ0) is 16.5. The number of aromatic amines is 1. The highest BCUT2D eigenvalue weighted by Gasteiger charge is 2.32. The van der Waals surface area contributed by atoms with Gasteiger partial charge in [-0.1, -0.05) is 6.07 Å². The minimum Gasteiger partial charge on any atom is -0.391 e. The van der Waals surface area contributed by atoms with Gasteiger partial charge in [0.25, 0.3) is 0 Å². The van der Waals surface area contributed by atoms with Crippen LogP contribution in [0.15, 0.2) is 42.7 Å². The lowest BCUT2D eigenvalue weighted by Gasteiger charge is -2.15. The summed E-state index contributed by atoms with van der Waals surface area (Å²) in [5, 5.41) is 18.5. The van der Waals surface area contributed by atoms with E-state index in [1.807, 2.05) is 29.1 Å². The highest BCUT2D eigenvalue weighted by Crippen LogP contribution is 2.28. The van der Waals surface area contributed by atoms with E-state index in [-0.39, 0.29) is 18.0 Å². The van der Waals surface area contributed by atoms with Crippen LogP contribution in [0.1, 0.15) is 18.5 Å². The summed E-state index contributed by atoms with van der Waals surface area (Å²) in [5.74, 6) is 0.202. The highest BCUT2D eigenvalue weighted by atomic mass is 19.1. The first-order valence-electron chi connectivity index (χ1n) is 8.34. The van der Waals surface area contributed by atoms with Gasteiger partial charge in [0.05, 0.1) is 6.10 Å². The average Bonchev–Trinajstić information content (AvgIpc) is 3.26. The molecule has 2 heterocycles. The molecule has 1 unspecified atom stereocenters. The Kier molecular flexibility index (Phi) is 4.08. The number of aliphatic hydroxyl groups is 1. The molecule has 0 bridgehead atoms. The predicted molar refractivity (Wildman–Crippen MR) is 89.8 cm³/mol. The lowest BCUT2D eigenvalue weighted by molar-refractivity contribution is 0.145. The molecule has 0 aliphatic heterocycles. The molecule has 2 aromatic heterocycles. The number of aromatic nitrogens is 3. The van der Waals surface area contributed by atoms with Gasteiger partial charge in [-0.05, 0) is 43.0 Å². The van der Waals surface area contributed by atoms with E-state index in [1.165, 1.54) is 6.07 Å². The molecule has 1 aromatic carbocycles. The van der Waals surface area contributed by atoms with Gasteiger partial charge in [0.15, 0.2) is 0 Å². The first-order chi connectivity index (χ1) is 11.7. The zero-order valence-electron chi connectivity index (χ0n) is 13.3. The van der Waals surface area contributed by atoms with E-state index in [0.29, 0.717) is 17.8 Å². The number of H-pyrrole nitrogens is 1. The second kappa shape index (κ2) is 6.37. The van der Waals surface area contributed by atoms with Crippen LogP contribution in [0, 0.1) is 11.7 Å². The van der Waals surface area contributed by atoms with E-state index >= 15 is 0 Å². The summed E-state index contributed by atoms with van der Waals surface area (Å²) >= 11 is 0. The number of hydrogen-bond acceptors (Lipinski definition) is 3. The molecule has 24 heavy (non-hydrogen) atoms. The Morgan fingerprint density at radius 2 is 2.25 bits per heavy atom. The van der Waals surface area contributed by atoms with Crippen LogP contribution in [0.5, 0.6) is 0 Å². The molecule has 126 valence electrons. The maximum atomic E-state index is 13.7. The first-order valence-corrected chi connectivity index (χ1v) is 8.34. The Balaban J connectivity index is 1.37. The molecule has 3 atom stereocenters. The van der Waals surface area contributed by atoms with Gasteiger partial charge in [0.2, 0.25) is 0 Å². The van der Waals surface area contributed by atoms with Crippen molar-refractivity contribution in [3.8, 4) is 0 Å². The summed E-state index contributed by atoms with van der Waals surface area (Å²) in [6.45, 7) is 1.42. The predicted octanol–water partition coefficient (Wildman–Crippen LogP) is 2.43. The minimum atomic E-state index is -0.355. The largest absolute Gasteiger partial charge is 0.391 e. The summed E-state index contributed by atoms with van der Waals surface area (Å²) in [4.78, 5) is 3.22. The van der Waals surface area contributed by atoms with Crippen molar-refractivity contribution in [3.05, 3.63) is 54.2 Å². The molecule has 6 heteroatoms. The molecule has 1 aliphatic rings. The monoisotopic (exact) mass is 328 g/mol. The van der Waals surface area contributed by atoms with Crippen molar-refractivity contribution in [1.29, 1.82) is 0 Å². The van der Waals surface area contributed by atoms with Gasteiger partial charge in [-0.2, -0.15) is 5.10 Å². The Morgan fingerprint density at radius 3 is 3.04 bits per heavy atom. The molecule has 1 fully saturated rings. The average molecular weight is 328 g/mol. The van der Waals surface area contributed by atoms with Gasteiger partial charge in [0, 0.05) is 48.1 Å². The molecule has 1 saturated carbocycles. The molecule has 5 nitrogen and oxygen atoms in total. The van der Waals surface area contributed by atoms with Crippen LogP contribution in [0.3, 0.4) is 0 Å². The molecule has 1 aliphatic carbocycles. The fraction of sp³-hybridized carbons (Fsp3) is 0.389. The molecule has 0 spiro atoms. The summed E-state index contributed by atoms with van der Waals surface area (Å²) < 4.78 is 15.7. The van der Waals surface area contributed by atoms with Crippen LogP contribution in [0.4, 0.5) is 4.39 Å². The summed E-state index contributed by atoms with van der Waals surface area (Å²) in [7, 11) is 0. The van der Waals surface area contributed by atoms with E-state index in [1.54, 1.807) is 12.3 Å². The molecule has 0 amide bonds. The number of rotatable bonds is 5. The Labute approximate surface area is 139 Å². The summed E-state index contributed by atoms with van der Waals surface area (Å²) in [6, 6.07) is 8.84. The van der Waals surface area contributed by atoms with Crippen molar-refractivity contribution < 1.29 is 9.50 Å². The van der Waals surface area contributed by atoms with Crippen molar-refractivity contribution >= 4 is 10.9 Å². The Bertz CT molecular complexity index is 814. The van der Waals surface area contributed by atoms with Crippen LogP contribution < -0.4 is 5.32 Å². The van der Waals surface area contributed by atoms with Crippen molar-refractivity contribution in [2.45, 2.75) is 38.1 Å². The van der Waals surface area contributed by atoms with Crippen molar-refractivity contribution in [1.82, 2.24) is 20.1 Å². The van der Waals surface area contributed by atoms with Gasteiger partial charge < -0.3 is 15.4 Å². The number of fused-ring (bicyclic) bond motifs is 1. The topological polar surface area (TPSA) is 65.9 Å². The van der Waals surface area contributed by atoms with Crippen molar-refractivity contribution in [2.24, 2.45) is 5.92 Å². The normalized spacial score (nSPS) is 24.0. The van der Waals surface area contributed by atoms with E-state index in [2.05, 4.69) is 15.4 Å². The zero-order valence-corrected chi connectivity index (χ0v) is 13.3. The standard InChI is InChI=1S/C18H21FN4O/c19-15-3-1-4-16-14(15)9-13(22-16)10-20-17-7-12(8-18(17)24)11-23-6-2-5-21-23/h1-6,9,12,17-18,20,22,24H,7-8,10-11H2/t12?,17-,18-/m1/s1. The first kappa shape index (κ1) is 15.4. The third kappa shape index (κ3) is 3.07. The molecule has 3 aromatic rings. The van der Waals surface area contributed by atoms with Crippen LogP contribution in [-0.2, 0) is 13.1 Å². The summed E-state index contributed by atoms with van der Waals surface area (Å²) in [6.07, 6.45) is 5.06. The number of benzene rings is 1. The maximum absolute atomic E-state index is 13.7. The minimum absolute atomic E-state index is 0.0572. The van der Waals surface area contributed by atoms with Crippen LogP contribution in [0.2, 0.25) is 0 Å². The van der Waals surface area contributed by atoms with Crippen LogP contribution >= 0.6 is 0 Å². The fourth-order valence-electron chi connectivity index (χ4n) is 3.67. The van der Waals surface area contributed by atoms with E-state index < -0.39 is 0 Å². The molecule has 3 N–H and O–H groups in total. The quantitative estimate of drug-likeness (QED) is 0.674. The van der Waals surface area contributed by atoms with E-state index in [9.17, 15) is 9.50 Å². The van der Waals surface area contributed by atoms with Crippen molar-refractivity contribution in [3.63, 3.8) is 0 Å². The number of nitrogens with zero attached hydrogens (tertiary/aromatic N) is 2. The molecular weight excluding hydrogens is 307 g/mol. The van der Waals surface area contributed by atoms with Gasteiger partial charge in [-0.25, -0.2) is 4.39 Å². The third-order valence-corrected chi connectivity index (χ3v) is 4.85. The van der Waals surface area contributed by atoms with Gasteiger partial charge in [-0.3, -0.25) is 4.68 Å². The van der Waals surface area contributed by atoms with E-state index in [4.69, 9.17) is 0 Å². The lowest BCUT2D eigenvalue weighted by atomic mass is 10.1. The molecule has 4 rings (SSSR count). The second-order valence-corrected chi connectivity index (χ2v) is 6.62. The number of hydrogen-bond donors (Lipinski definition) is 3. The lowest BCUT2D eigenvalue weighted by Crippen LogP contribution is -2.35. The van der Waals surface area contributed by atoms with Crippen molar-refractivity contribution in [2.75, 3.05) is 0 Å². The van der Waals surface area contributed by atoms with Crippen LogP contribution in [0.25, 0.3) is 10.9 Å². The molecule has 0 radical (unpaired) electrons. The molecule has 0 saturated heterocycles.